The Morgan fingerprint density at radius 2 is 1.64 bits per heavy atom. The molecule has 0 aliphatic carbocycles. The van der Waals surface area contributed by atoms with Crippen molar-refractivity contribution in [3.05, 3.63) is 35.9 Å². The molecule has 14 heteroatoms. The molecule has 1 aliphatic rings. The fourth-order valence-corrected chi connectivity index (χ4v) is 3.58. The summed E-state index contributed by atoms with van der Waals surface area (Å²) in [6.45, 7) is -0.531. The monoisotopic (exact) mass is 412 g/mol. The van der Waals surface area contributed by atoms with Gasteiger partial charge in [0.15, 0.2) is 5.25 Å². The van der Waals surface area contributed by atoms with Gasteiger partial charge in [-0.05, 0) is 5.56 Å². The second kappa shape index (κ2) is 9.26. The Balaban J connectivity index is 0.00000288. The maximum atomic E-state index is 12.1. The summed E-state index contributed by atoms with van der Waals surface area (Å²) in [5, 5.41) is 0.0667. The number of hydrogen-bond acceptors (Lipinski definition) is 6. The third kappa shape index (κ3) is 5.99. The molecule has 2 unspecified atom stereocenters. The van der Waals surface area contributed by atoms with Gasteiger partial charge in [-0.2, -0.15) is 16.8 Å². The van der Waals surface area contributed by atoms with Crippen molar-refractivity contribution in [3.8, 4) is 0 Å². The zero-order valence-electron chi connectivity index (χ0n) is 11.4. The van der Waals surface area contributed by atoms with Crippen LogP contribution < -0.4 is 5.32 Å². The van der Waals surface area contributed by atoms with Crippen LogP contribution in [0.1, 0.15) is 10.8 Å². The first kappa shape index (κ1) is 25.0. The van der Waals surface area contributed by atoms with E-state index in [0.29, 0.717) is 0 Å². The quantitative estimate of drug-likeness (QED) is 0.271. The average Bonchev–Trinajstić information content (AvgIpc) is 2.41. The van der Waals surface area contributed by atoms with Crippen LogP contribution in [0.15, 0.2) is 30.3 Å². The molecule has 0 saturated carbocycles. The predicted molar refractivity (Wildman–Crippen MR) is 90.2 cm³/mol. The number of carbonyl (C=O) groups excluding carboxylic acids is 2. The van der Waals surface area contributed by atoms with Gasteiger partial charge in [-0.3, -0.25) is 18.7 Å². The van der Waals surface area contributed by atoms with Gasteiger partial charge in [0.05, 0.1) is 6.54 Å². The van der Waals surface area contributed by atoms with Crippen molar-refractivity contribution in [2.45, 2.75) is 11.3 Å². The fourth-order valence-electron chi connectivity index (χ4n) is 2.04. The minimum absolute atomic E-state index is 0. The second-order valence-corrected chi connectivity index (χ2v) is 7.55. The van der Waals surface area contributed by atoms with E-state index in [1.807, 2.05) is 5.32 Å². The van der Waals surface area contributed by atoms with Crippen LogP contribution in [0.2, 0.25) is 0 Å². The summed E-state index contributed by atoms with van der Waals surface area (Å²) >= 11 is 0. The molecule has 2 rings (SSSR count). The summed E-state index contributed by atoms with van der Waals surface area (Å²) in [7, 11) is -9.53. The first-order valence-electron chi connectivity index (χ1n) is 6.12. The van der Waals surface area contributed by atoms with E-state index in [9.17, 15) is 31.0 Å². The van der Waals surface area contributed by atoms with Gasteiger partial charge < -0.3 is 5.32 Å². The number of hydrogen-bond donors (Lipinski definition) is 3. The molecule has 0 spiro atoms. The molecule has 0 aromatic heterocycles. The zero-order chi connectivity index (χ0) is 17.4. The van der Waals surface area contributed by atoms with Gasteiger partial charge in [-0.25, -0.2) is 4.31 Å². The number of rotatable bonds is 5. The third-order valence-corrected chi connectivity index (χ3v) is 5.09. The second-order valence-electron chi connectivity index (χ2n) is 4.71. The Labute approximate surface area is 188 Å². The molecule has 1 fully saturated rings. The van der Waals surface area contributed by atoms with Crippen LogP contribution in [0.3, 0.4) is 0 Å². The van der Waals surface area contributed by atoms with E-state index in [-0.39, 0.29) is 69.0 Å². The van der Waals surface area contributed by atoms with Crippen LogP contribution in [0, 0.1) is 0 Å². The molecule has 1 saturated heterocycles. The van der Waals surface area contributed by atoms with Gasteiger partial charge in [0.2, 0.25) is 5.91 Å². The molecule has 3 N–H and O–H groups in total. The first-order valence-corrected chi connectivity index (χ1v) is 9.02. The molecule has 2 amide bonds. The van der Waals surface area contributed by atoms with E-state index < -0.39 is 50.1 Å². The Morgan fingerprint density at radius 3 is 2.04 bits per heavy atom. The molecule has 25 heavy (non-hydrogen) atoms. The van der Waals surface area contributed by atoms with Crippen molar-refractivity contribution in [1.82, 2.24) is 9.62 Å². The molecule has 2 atom stereocenters. The summed E-state index contributed by atoms with van der Waals surface area (Å²) in [4.78, 5) is 23.6. The number of benzene rings is 1. The summed E-state index contributed by atoms with van der Waals surface area (Å²) in [6, 6.07) is 5.76. The molecule has 1 aromatic rings. The van der Waals surface area contributed by atoms with E-state index in [1.165, 1.54) is 24.3 Å². The summed E-state index contributed by atoms with van der Waals surface area (Å²) in [6.07, 6.45) is 0. The molecule has 1 heterocycles. The van der Waals surface area contributed by atoms with Crippen LogP contribution in [0.25, 0.3) is 0 Å². The topological polar surface area (TPSA) is 158 Å². The van der Waals surface area contributed by atoms with Gasteiger partial charge >= 0.3 is 69.4 Å². The van der Waals surface area contributed by atoms with E-state index in [1.54, 1.807) is 6.07 Å². The fraction of sp³-hybridized carbons (Fsp3) is 0.273. The number of β-lactam (4-membered cyclic amide) rings is 1. The normalized spacial score (nSPS) is 18.2. The van der Waals surface area contributed by atoms with Crippen LogP contribution in [0.5, 0.6) is 0 Å². The maximum absolute atomic E-state index is 12.1. The van der Waals surface area contributed by atoms with Crippen molar-refractivity contribution in [2.24, 2.45) is 0 Å². The molecule has 0 radical (unpaired) electrons. The SMILES string of the molecule is O=C(NC1CN(S(=O)(=O)O)C1=O)C(c1ccccc1)S(=O)(=O)O.[NaH].[NaH]. The van der Waals surface area contributed by atoms with Gasteiger partial charge in [0.1, 0.15) is 6.04 Å². The first-order chi connectivity index (χ1) is 10.5. The van der Waals surface area contributed by atoms with Crippen molar-refractivity contribution < 1.29 is 35.5 Å². The Kier molecular flexibility index (Phi) is 9.25. The van der Waals surface area contributed by atoms with Gasteiger partial charge in [0, 0.05) is 0 Å². The van der Waals surface area contributed by atoms with Gasteiger partial charge in [-0.15, -0.1) is 0 Å². The van der Waals surface area contributed by atoms with Gasteiger partial charge in [0.25, 0.3) is 16.0 Å². The van der Waals surface area contributed by atoms with Crippen LogP contribution in [-0.2, 0) is 30.0 Å². The summed E-state index contributed by atoms with van der Waals surface area (Å²) < 4.78 is 62.5. The Bertz CT molecular complexity index is 844. The van der Waals surface area contributed by atoms with Crippen LogP contribution >= 0.6 is 0 Å². The van der Waals surface area contributed by atoms with E-state index in [2.05, 4.69) is 0 Å². The number of nitrogens with zero attached hydrogens (tertiary/aromatic N) is 1. The number of carbonyl (C=O) groups is 2. The van der Waals surface area contributed by atoms with E-state index in [4.69, 9.17) is 4.55 Å². The van der Waals surface area contributed by atoms with Crippen LogP contribution in [0.4, 0.5) is 0 Å². The van der Waals surface area contributed by atoms with Crippen molar-refractivity contribution in [1.29, 1.82) is 0 Å². The average molecular weight is 412 g/mol. The summed E-state index contributed by atoms with van der Waals surface area (Å²) in [5.41, 5.74) is -0.0223. The summed E-state index contributed by atoms with van der Waals surface area (Å²) in [5.74, 6) is -2.30. The number of nitrogens with one attached hydrogen (secondary N) is 1. The Morgan fingerprint density at radius 1 is 1.12 bits per heavy atom. The van der Waals surface area contributed by atoms with Crippen molar-refractivity contribution in [3.63, 3.8) is 0 Å². The molecule has 1 aromatic carbocycles. The Hall–Kier alpha value is -0.0200. The molecule has 0 bridgehead atoms. The molecular formula is C11H14N2Na2O8S2. The molecule has 1 aliphatic heterocycles. The zero-order valence-corrected chi connectivity index (χ0v) is 13.0. The minimum atomic E-state index is -4.81. The van der Waals surface area contributed by atoms with Crippen molar-refractivity contribution in [2.75, 3.05) is 6.54 Å². The van der Waals surface area contributed by atoms with E-state index >= 15 is 0 Å². The van der Waals surface area contributed by atoms with Gasteiger partial charge in [-0.1, -0.05) is 30.3 Å². The third-order valence-electron chi connectivity index (χ3n) is 3.13. The number of amides is 2. The van der Waals surface area contributed by atoms with Crippen LogP contribution in [-0.4, -0.2) is 114 Å². The molecular weight excluding hydrogens is 398 g/mol. The van der Waals surface area contributed by atoms with Crippen molar-refractivity contribution >= 4 is 91.4 Å². The predicted octanol–water partition coefficient (Wildman–Crippen LogP) is -2.55. The molecule has 10 nitrogen and oxygen atoms in total. The molecule has 130 valence electrons. The standard InChI is InChI=1S/C11H12N2O8S2.2Na.2H/c14-10(12-8-6-13(11(8)15)23(19,20)21)9(22(16,17)18)7-4-2-1-3-5-7;;;;/h1-5,8-9H,6H2,(H,12,14)(H,16,17,18)(H,19,20,21);;;;. The van der Waals surface area contributed by atoms with E-state index in [0.717, 1.165) is 0 Å².